The van der Waals surface area contributed by atoms with Crippen LogP contribution in [0.1, 0.15) is 5.69 Å². The van der Waals surface area contributed by atoms with Crippen molar-refractivity contribution in [3.63, 3.8) is 0 Å². The first-order valence-corrected chi connectivity index (χ1v) is 7.23. The van der Waals surface area contributed by atoms with Crippen LogP contribution in [0.3, 0.4) is 0 Å². The van der Waals surface area contributed by atoms with Crippen molar-refractivity contribution >= 4 is 11.1 Å². The van der Waals surface area contributed by atoms with Crippen LogP contribution in [0.4, 0.5) is 17.6 Å². The van der Waals surface area contributed by atoms with E-state index in [2.05, 4.69) is 5.92 Å². The second kappa shape index (κ2) is 6.01. The van der Waals surface area contributed by atoms with Gasteiger partial charge in [0.05, 0.1) is 17.7 Å². The summed E-state index contributed by atoms with van der Waals surface area (Å²) < 4.78 is 59.3. The molecule has 0 bridgehead atoms. The average molecular weight is 383 g/mol. The Morgan fingerprint density at radius 2 is 1.85 bits per heavy atom. The minimum absolute atomic E-state index is 0.0248. The van der Waals surface area contributed by atoms with Crippen molar-refractivity contribution in [2.45, 2.75) is 12.7 Å². The number of terminal acetylenes is 1. The second-order valence-corrected chi connectivity index (χ2v) is 5.47. The fourth-order valence-electron chi connectivity index (χ4n) is 2.60. The van der Waals surface area contributed by atoms with Gasteiger partial charge in [0.15, 0.2) is 11.4 Å². The largest absolute Gasteiger partial charge is 0.431 e. The normalized spacial score (nSPS) is 11.7. The molecule has 140 valence electrons. The van der Waals surface area contributed by atoms with E-state index in [-0.39, 0.29) is 32.8 Å². The summed E-state index contributed by atoms with van der Waals surface area (Å²) in [6.45, 7) is -0.239. The first kappa shape index (κ1) is 18.2. The molecule has 0 aliphatic carbocycles. The highest BCUT2D eigenvalue weighted by molar-refractivity contribution is 5.76. The van der Waals surface area contributed by atoms with Crippen LogP contribution in [0.2, 0.25) is 0 Å². The molecular formula is C16H9F4N3O4. The van der Waals surface area contributed by atoms with Crippen LogP contribution in [-0.2, 0) is 19.8 Å². The van der Waals surface area contributed by atoms with Gasteiger partial charge in [0, 0.05) is 19.2 Å². The quantitative estimate of drug-likeness (QED) is 0.493. The van der Waals surface area contributed by atoms with Gasteiger partial charge in [-0.1, -0.05) is 5.92 Å². The molecule has 27 heavy (non-hydrogen) atoms. The fraction of sp³-hybridized carbons (Fsp3) is 0.188. The van der Waals surface area contributed by atoms with E-state index in [1.54, 1.807) is 0 Å². The number of aromatic nitrogens is 3. The van der Waals surface area contributed by atoms with Crippen molar-refractivity contribution in [1.82, 2.24) is 13.7 Å². The van der Waals surface area contributed by atoms with Crippen LogP contribution in [0, 0.1) is 18.2 Å². The summed E-state index contributed by atoms with van der Waals surface area (Å²) in [5.74, 6) is 0.137. The summed E-state index contributed by atoms with van der Waals surface area (Å²) in [5, 5.41) is 0. The molecule has 1 aromatic carbocycles. The Morgan fingerprint density at radius 3 is 2.44 bits per heavy atom. The lowest BCUT2D eigenvalue weighted by atomic mass is 10.2. The topological polar surface area (TPSA) is 79.1 Å². The van der Waals surface area contributed by atoms with Crippen molar-refractivity contribution in [2.24, 2.45) is 7.05 Å². The van der Waals surface area contributed by atoms with Crippen LogP contribution in [0.5, 0.6) is 0 Å². The van der Waals surface area contributed by atoms with E-state index >= 15 is 0 Å². The zero-order chi connectivity index (χ0) is 20.1. The minimum Gasteiger partial charge on any atom is -0.408 e. The van der Waals surface area contributed by atoms with Crippen LogP contribution < -0.4 is 17.0 Å². The number of nitrogens with zero attached hydrogens (tertiary/aromatic N) is 3. The molecule has 0 atom stereocenters. The van der Waals surface area contributed by atoms with Gasteiger partial charge >= 0.3 is 17.6 Å². The number of halogens is 4. The molecule has 0 radical (unpaired) electrons. The summed E-state index contributed by atoms with van der Waals surface area (Å²) in [7, 11) is 0.795. The van der Waals surface area contributed by atoms with Gasteiger partial charge in [0.2, 0.25) is 0 Å². The zero-order valence-electron chi connectivity index (χ0n) is 13.5. The fourth-order valence-corrected chi connectivity index (χ4v) is 2.60. The highest BCUT2D eigenvalue weighted by Crippen LogP contribution is 2.27. The molecule has 0 aliphatic heterocycles. The lowest BCUT2D eigenvalue weighted by Crippen LogP contribution is -2.41. The third-order valence-electron chi connectivity index (χ3n) is 3.84. The molecule has 7 nitrogen and oxygen atoms in total. The lowest BCUT2D eigenvalue weighted by Gasteiger charge is -2.14. The van der Waals surface area contributed by atoms with Crippen molar-refractivity contribution in [1.29, 1.82) is 0 Å². The average Bonchev–Trinajstić information content (AvgIpc) is 2.85. The van der Waals surface area contributed by atoms with Crippen molar-refractivity contribution in [3.05, 3.63) is 61.1 Å². The van der Waals surface area contributed by atoms with Crippen LogP contribution in [0.15, 0.2) is 37.0 Å². The van der Waals surface area contributed by atoms with E-state index < -0.39 is 40.4 Å². The van der Waals surface area contributed by atoms with Crippen LogP contribution >= 0.6 is 0 Å². The first-order valence-electron chi connectivity index (χ1n) is 7.23. The molecule has 0 aliphatic rings. The van der Waals surface area contributed by atoms with Gasteiger partial charge in [0.25, 0.3) is 5.56 Å². The van der Waals surface area contributed by atoms with Crippen molar-refractivity contribution in [3.8, 4) is 18.0 Å². The first-order chi connectivity index (χ1) is 12.6. The Morgan fingerprint density at radius 1 is 1.19 bits per heavy atom. The number of hydrogen-bond acceptors (Lipinski definition) is 4. The van der Waals surface area contributed by atoms with Crippen molar-refractivity contribution in [2.75, 3.05) is 0 Å². The number of hydrogen-bond donors (Lipinski definition) is 0. The standard InChI is InChI=1S/C16H9F4N3O4/c1-3-4-22-10-6-9(8(17)5-11(10)27-15(22)26)23-13(24)7-12(16(18,19)20)21(2)14(23)25/h1,5-7H,4H2,2H3. The maximum atomic E-state index is 14.4. The molecular weight excluding hydrogens is 374 g/mol. The zero-order valence-corrected chi connectivity index (χ0v) is 13.5. The van der Waals surface area contributed by atoms with Gasteiger partial charge in [-0.05, 0) is 6.07 Å². The smallest absolute Gasteiger partial charge is 0.408 e. The Balaban J connectivity index is 2.38. The van der Waals surface area contributed by atoms with E-state index in [1.807, 2.05) is 0 Å². The Hall–Kier alpha value is -3.55. The van der Waals surface area contributed by atoms with E-state index in [0.717, 1.165) is 23.7 Å². The predicted molar refractivity (Wildman–Crippen MR) is 85.1 cm³/mol. The second-order valence-electron chi connectivity index (χ2n) is 5.47. The molecule has 0 fully saturated rings. The third kappa shape index (κ3) is 2.84. The van der Waals surface area contributed by atoms with Gasteiger partial charge in [-0.2, -0.15) is 13.2 Å². The highest BCUT2D eigenvalue weighted by Gasteiger charge is 2.35. The van der Waals surface area contributed by atoms with E-state index in [1.165, 1.54) is 0 Å². The third-order valence-corrected chi connectivity index (χ3v) is 3.84. The maximum Gasteiger partial charge on any atom is 0.431 e. The minimum atomic E-state index is -4.95. The molecule has 2 heterocycles. The summed E-state index contributed by atoms with van der Waals surface area (Å²) in [4.78, 5) is 36.2. The molecule has 0 unspecified atom stereocenters. The molecule has 11 heteroatoms. The molecule has 3 rings (SSSR count). The monoisotopic (exact) mass is 383 g/mol. The van der Waals surface area contributed by atoms with E-state index in [0.29, 0.717) is 0 Å². The van der Waals surface area contributed by atoms with Crippen LogP contribution in [-0.4, -0.2) is 13.7 Å². The highest BCUT2D eigenvalue weighted by atomic mass is 19.4. The molecule has 0 amide bonds. The number of alkyl halides is 3. The number of fused-ring (bicyclic) bond motifs is 1. The van der Waals surface area contributed by atoms with E-state index in [9.17, 15) is 31.9 Å². The molecule has 0 N–H and O–H groups in total. The molecule has 0 spiro atoms. The van der Waals surface area contributed by atoms with Gasteiger partial charge in [-0.25, -0.2) is 18.5 Å². The Labute approximate surface area is 146 Å². The van der Waals surface area contributed by atoms with Crippen LogP contribution in [0.25, 0.3) is 16.8 Å². The van der Waals surface area contributed by atoms with E-state index in [4.69, 9.17) is 10.8 Å². The summed E-state index contributed by atoms with van der Waals surface area (Å²) in [6.07, 6.45) is 0.192. The number of oxazole rings is 1. The summed E-state index contributed by atoms with van der Waals surface area (Å²) in [6, 6.07) is 1.85. The van der Waals surface area contributed by atoms with Gasteiger partial charge in [0.1, 0.15) is 5.69 Å². The predicted octanol–water partition coefficient (Wildman–Crippen LogP) is 1.24. The lowest BCUT2D eigenvalue weighted by molar-refractivity contribution is -0.144. The van der Waals surface area contributed by atoms with Gasteiger partial charge < -0.3 is 4.42 Å². The Kier molecular flexibility index (Phi) is 4.06. The van der Waals surface area contributed by atoms with Crippen molar-refractivity contribution < 1.29 is 22.0 Å². The van der Waals surface area contributed by atoms with Gasteiger partial charge in [-0.15, -0.1) is 6.42 Å². The molecule has 3 aromatic rings. The summed E-state index contributed by atoms with van der Waals surface area (Å²) >= 11 is 0. The molecule has 0 saturated carbocycles. The van der Waals surface area contributed by atoms with Gasteiger partial charge in [-0.3, -0.25) is 13.9 Å². The summed E-state index contributed by atoms with van der Waals surface area (Å²) in [5.41, 5.74) is -5.16. The Bertz CT molecular complexity index is 1280. The molecule has 0 saturated heterocycles. The number of benzene rings is 1. The maximum absolute atomic E-state index is 14.4. The molecule has 2 aromatic heterocycles. The number of rotatable bonds is 2. The SMILES string of the molecule is C#CCn1c(=O)oc2cc(F)c(-n3c(=O)cc(C(F)(F)F)n(C)c3=O)cc21.